The Kier molecular flexibility index (Phi) is 3.03. The van der Waals surface area contributed by atoms with E-state index < -0.39 is 0 Å². The molecule has 0 N–H and O–H groups in total. The molecule has 0 nitrogen and oxygen atoms in total. The molecule has 1 atom stereocenters. The second-order valence-electron chi connectivity index (χ2n) is 3.03. The van der Waals surface area contributed by atoms with Gasteiger partial charge < -0.3 is 0 Å². The molecule has 1 unspecified atom stereocenters. The van der Waals surface area contributed by atoms with Gasteiger partial charge in [0.15, 0.2) is 0 Å². The van der Waals surface area contributed by atoms with Crippen molar-refractivity contribution in [3.8, 4) is 0 Å². The summed E-state index contributed by atoms with van der Waals surface area (Å²) in [6, 6.07) is 0. The van der Waals surface area contributed by atoms with E-state index >= 15 is 0 Å². The van der Waals surface area contributed by atoms with Crippen LogP contribution in [0.5, 0.6) is 0 Å². The van der Waals surface area contributed by atoms with Gasteiger partial charge in [-0.3, -0.25) is 0 Å². The lowest BCUT2D eigenvalue weighted by Crippen LogP contribution is -1.94. The second kappa shape index (κ2) is 3.60. The highest BCUT2D eigenvalue weighted by Crippen LogP contribution is 2.34. The van der Waals surface area contributed by atoms with E-state index in [0.29, 0.717) is 0 Å². The van der Waals surface area contributed by atoms with Crippen molar-refractivity contribution in [3.63, 3.8) is 0 Å². The molecule has 0 aliphatic heterocycles. The highest BCUT2D eigenvalue weighted by Gasteiger charge is 2.21. The van der Waals surface area contributed by atoms with Crippen molar-refractivity contribution in [1.29, 1.82) is 0 Å². The first-order valence-corrected chi connectivity index (χ1v) is 4.88. The molecule has 0 heterocycles. The molecule has 0 aromatic carbocycles. The van der Waals surface area contributed by atoms with E-state index in [2.05, 4.69) is 22.9 Å². The fourth-order valence-corrected chi connectivity index (χ4v) is 1.29. The van der Waals surface area contributed by atoms with Crippen molar-refractivity contribution < 1.29 is 0 Å². The Balaban J connectivity index is 1.90. The minimum atomic E-state index is 0.790. The van der Waals surface area contributed by atoms with Crippen LogP contribution in [0.15, 0.2) is 0 Å². The van der Waals surface area contributed by atoms with Crippen molar-refractivity contribution in [2.24, 2.45) is 5.92 Å². The molecule has 0 bridgehead atoms. The quantitative estimate of drug-likeness (QED) is 0.597. The summed E-state index contributed by atoms with van der Waals surface area (Å²) in [6.07, 6.45) is 7.14. The van der Waals surface area contributed by atoms with E-state index in [-0.39, 0.29) is 0 Å². The normalized spacial score (nSPS) is 22.0. The van der Waals surface area contributed by atoms with Crippen LogP contribution in [0.3, 0.4) is 0 Å². The number of halogens is 1. The molecule has 1 aliphatic carbocycles. The van der Waals surface area contributed by atoms with Crippen LogP contribution < -0.4 is 0 Å². The molecule has 54 valence electrons. The van der Waals surface area contributed by atoms with E-state index in [4.69, 9.17) is 0 Å². The van der Waals surface area contributed by atoms with Crippen molar-refractivity contribution in [3.05, 3.63) is 0 Å². The molecule has 0 aromatic heterocycles. The maximum absolute atomic E-state index is 3.63. The second-order valence-corrected chi connectivity index (χ2v) is 4.32. The van der Waals surface area contributed by atoms with E-state index in [1.165, 1.54) is 32.1 Å². The summed E-state index contributed by atoms with van der Waals surface area (Å²) in [5.74, 6) is 1.11. The molecule has 0 spiro atoms. The van der Waals surface area contributed by atoms with Crippen molar-refractivity contribution in [1.82, 2.24) is 0 Å². The van der Waals surface area contributed by atoms with Gasteiger partial charge in [0.05, 0.1) is 0 Å². The molecule has 1 fully saturated rings. The lowest BCUT2D eigenvalue weighted by molar-refractivity contribution is 0.638. The van der Waals surface area contributed by atoms with Gasteiger partial charge in [0.1, 0.15) is 0 Å². The van der Waals surface area contributed by atoms with Crippen LogP contribution in [-0.4, -0.2) is 4.83 Å². The predicted octanol–water partition coefficient (Wildman–Crippen LogP) is 3.35. The van der Waals surface area contributed by atoms with Gasteiger partial charge in [-0.1, -0.05) is 35.7 Å². The predicted molar refractivity (Wildman–Crippen MR) is 45.0 cm³/mol. The van der Waals surface area contributed by atoms with E-state index in [1.54, 1.807) is 0 Å². The topological polar surface area (TPSA) is 0 Å². The highest BCUT2D eigenvalue weighted by molar-refractivity contribution is 9.09. The third kappa shape index (κ3) is 3.24. The molecule has 1 aliphatic rings. The molecular formula is C8H15Br. The van der Waals surface area contributed by atoms with Gasteiger partial charge in [0, 0.05) is 4.83 Å². The molecule has 1 saturated carbocycles. The first-order valence-electron chi connectivity index (χ1n) is 3.97. The molecule has 0 aromatic rings. The zero-order chi connectivity index (χ0) is 6.69. The van der Waals surface area contributed by atoms with Gasteiger partial charge in [-0.25, -0.2) is 0 Å². The van der Waals surface area contributed by atoms with Crippen molar-refractivity contribution >= 4 is 15.9 Å². The van der Waals surface area contributed by atoms with Gasteiger partial charge in [-0.15, -0.1) is 0 Å². The van der Waals surface area contributed by atoms with E-state index in [9.17, 15) is 0 Å². The van der Waals surface area contributed by atoms with E-state index in [0.717, 1.165) is 10.7 Å². The fraction of sp³-hybridized carbons (Fsp3) is 1.00. The van der Waals surface area contributed by atoms with Gasteiger partial charge in [-0.2, -0.15) is 0 Å². The number of hydrogen-bond acceptors (Lipinski definition) is 0. The summed E-state index contributed by atoms with van der Waals surface area (Å²) in [5, 5.41) is 0. The van der Waals surface area contributed by atoms with Crippen LogP contribution in [0, 0.1) is 5.92 Å². The number of rotatable bonds is 4. The fourth-order valence-electron chi connectivity index (χ4n) is 1.03. The van der Waals surface area contributed by atoms with Crippen LogP contribution in [0.2, 0.25) is 0 Å². The number of hydrogen-bond donors (Lipinski definition) is 0. The highest BCUT2D eigenvalue weighted by atomic mass is 79.9. The number of alkyl halides is 1. The van der Waals surface area contributed by atoms with Crippen LogP contribution in [0.25, 0.3) is 0 Å². The average Bonchev–Trinajstić information content (AvgIpc) is 2.65. The largest absolute Gasteiger partial charge is 0.0891 e. The lowest BCUT2D eigenvalue weighted by Gasteiger charge is -2.03. The first kappa shape index (κ1) is 7.59. The Bertz CT molecular complexity index is 76.6. The van der Waals surface area contributed by atoms with Crippen LogP contribution in [-0.2, 0) is 0 Å². The third-order valence-corrected chi connectivity index (χ3v) is 3.13. The monoisotopic (exact) mass is 190 g/mol. The van der Waals surface area contributed by atoms with Gasteiger partial charge in [0.2, 0.25) is 0 Å². The van der Waals surface area contributed by atoms with Crippen LogP contribution in [0.4, 0.5) is 0 Å². The lowest BCUT2D eigenvalue weighted by atomic mass is 10.1. The Labute approximate surface area is 66.2 Å². The van der Waals surface area contributed by atoms with Gasteiger partial charge in [-0.05, 0) is 25.2 Å². The Morgan fingerprint density at radius 2 is 2.22 bits per heavy atom. The van der Waals surface area contributed by atoms with Gasteiger partial charge >= 0.3 is 0 Å². The average molecular weight is 191 g/mol. The summed E-state index contributed by atoms with van der Waals surface area (Å²) < 4.78 is 0. The molecule has 0 amide bonds. The van der Waals surface area contributed by atoms with E-state index in [1.807, 2.05) is 0 Å². The maximum atomic E-state index is 3.63. The van der Waals surface area contributed by atoms with Crippen LogP contribution >= 0.6 is 15.9 Å². The SMILES string of the molecule is CCC(Br)CCC1CC1. The summed E-state index contributed by atoms with van der Waals surface area (Å²) in [4.78, 5) is 0.790. The minimum Gasteiger partial charge on any atom is -0.0891 e. The minimum absolute atomic E-state index is 0.790. The zero-order valence-electron chi connectivity index (χ0n) is 6.07. The smallest absolute Gasteiger partial charge is 0.0143 e. The molecule has 9 heavy (non-hydrogen) atoms. The third-order valence-electron chi connectivity index (χ3n) is 2.03. The molecular weight excluding hydrogens is 176 g/mol. The van der Waals surface area contributed by atoms with Crippen molar-refractivity contribution in [2.75, 3.05) is 0 Å². The molecule has 1 heteroatoms. The first-order chi connectivity index (χ1) is 4.33. The Morgan fingerprint density at radius 3 is 2.67 bits per heavy atom. The van der Waals surface area contributed by atoms with Crippen molar-refractivity contribution in [2.45, 2.75) is 43.9 Å². The molecule has 0 saturated heterocycles. The summed E-state index contributed by atoms with van der Waals surface area (Å²) in [5.41, 5.74) is 0. The standard InChI is InChI=1S/C8H15Br/c1-2-8(9)6-5-7-3-4-7/h7-8H,2-6H2,1H3. The Hall–Kier alpha value is 0.480. The van der Waals surface area contributed by atoms with Gasteiger partial charge in [0.25, 0.3) is 0 Å². The van der Waals surface area contributed by atoms with Crippen LogP contribution in [0.1, 0.15) is 39.0 Å². The maximum Gasteiger partial charge on any atom is 0.0143 e. The zero-order valence-corrected chi connectivity index (χ0v) is 7.65. The molecule has 1 rings (SSSR count). The Morgan fingerprint density at radius 1 is 1.56 bits per heavy atom. The summed E-state index contributed by atoms with van der Waals surface area (Å²) in [6.45, 7) is 2.24. The summed E-state index contributed by atoms with van der Waals surface area (Å²) >= 11 is 3.63. The summed E-state index contributed by atoms with van der Waals surface area (Å²) in [7, 11) is 0. The molecule has 0 radical (unpaired) electrons.